The van der Waals surface area contributed by atoms with Crippen molar-refractivity contribution in [3.8, 4) is 5.88 Å². The second-order valence-corrected chi connectivity index (χ2v) is 8.18. The van der Waals surface area contributed by atoms with Crippen molar-refractivity contribution in [3.05, 3.63) is 63.0 Å². The first-order chi connectivity index (χ1) is 13.3. The predicted molar refractivity (Wildman–Crippen MR) is 111 cm³/mol. The smallest absolute Gasteiger partial charge is 0.400 e. The monoisotopic (exact) mass is 383 g/mol. The summed E-state index contributed by atoms with van der Waals surface area (Å²) in [6, 6.07) is 8.20. The molecule has 0 amide bonds. The van der Waals surface area contributed by atoms with Crippen molar-refractivity contribution in [2.45, 2.75) is 47.1 Å². The Labute approximate surface area is 165 Å². The van der Waals surface area contributed by atoms with Gasteiger partial charge in [0.1, 0.15) is 5.69 Å². The molecule has 0 unspecified atom stereocenters. The second kappa shape index (κ2) is 8.09. The SMILES string of the molecule is COc1c(Cc2cn(CC(C)C)c3ccccc23)[nH]c(=O)c(CC(C)C)[n+]1[O-]. The van der Waals surface area contributed by atoms with Gasteiger partial charge in [-0.1, -0.05) is 45.9 Å². The molecule has 2 aromatic heterocycles. The van der Waals surface area contributed by atoms with Crippen LogP contribution in [0, 0.1) is 17.0 Å². The molecule has 150 valence electrons. The highest BCUT2D eigenvalue weighted by molar-refractivity contribution is 5.84. The van der Waals surface area contributed by atoms with Crippen LogP contribution in [0.2, 0.25) is 0 Å². The van der Waals surface area contributed by atoms with E-state index in [1.54, 1.807) is 0 Å². The molecular formula is C22H29N3O3. The molecule has 0 bridgehead atoms. The molecule has 0 atom stereocenters. The third kappa shape index (κ3) is 3.91. The van der Waals surface area contributed by atoms with Crippen LogP contribution in [0.1, 0.15) is 44.6 Å². The van der Waals surface area contributed by atoms with Crippen molar-refractivity contribution in [2.24, 2.45) is 11.8 Å². The number of aromatic amines is 1. The summed E-state index contributed by atoms with van der Waals surface area (Å²) in [6.45, 7) is 9.22. The van der Waals surface area contributed by atoms with Gasteiger partial charge in [0.2, 0.25) is 0 Å². The lowest BCUT2D eigenvalue weighted by molar-refractivity contribution is -0.622. The van der Waals surface area contributed by atoms with Crippen molar-refractivity contribution < 1.29 is 9.47 Å². The van der Waals surface area contributed by atoms with Gasteiger partial charge < -0.3 is 19.5 Å². The van der Waals surface area contributed by atoms with E-state index in [-0.39, 0.29) is 23.1 Å². The van der Waals surface area contributed by atoms with Crippen LogP contribution in [0.15, 0.2) is 35.3 Å². The lowest BCUT2D eigenvalue weighted by Gasteiger charge is -2.12. The fourth-order valence-electron chi connectivity index (χ4n) is 3.69. The highest BCUT2D eigenvalue weighted by Crippen LogP contribution is 2.26. The van der Waals surface area contributed by atoms with Crippen LogP contribution in [-0.4, -0.2) is 16.7 Å². The van der Waals surface area contributed by atoms with E-state index < -0.39 is 0 Å². The number of H-pyrrole nitrogens is 1. The average molecular weight is 383 g/mol. The molecule has 28 heavy (non-hydrogen) atoms. The minimum absolute atomic E-state index is 0.163. The molecule has 0 radical (unpaired) electrons. The van der Waals surface area contributed by atoms with Gasteiger partial charge in [-0.3, -0.25) is 4.79 Å². The number of nitrogens with zero attached hydrogens (tertiary/aromatic N) is 2. The number of methoxy groups -OCH3 is 1. The van der Waals surface area contributed by atoms with E-state index in [1.165, 1.54) is 7.11 Å². The number of hydrogen-bond donors (Lipinski definition) is 1. The van der Waals surface area contributed by atoms with Gasteiger partial charge in [-0.05, 0) is 23.5 Å². The van der Waals surface area contributed by atoms with E-state index in [4.69, 9.17) is 4.74 Å². The molecule has 2 heterocycles. The zero-order valence-electron chi connectivity index (χ0n) is 17.3. The molecule has 0 aliphatic heterocycles. The van der Waals surface area contributed by atoms with Crippen LogP contribution in [0.4, 0.5) is 0 Å². The van der Waals surface area contributed by atoms with Gasteiger partial charge in [-0.15, -0.1) is 4.73 Å². The Kier molecular flexibility index (Phi) is 5.77. The third-order valence-electron chi connectivity index (χ3n) is 4.81. The molecule has 0 aliphatic rings. The van der Waals surface area contributed by atoms with Crippen LogP contribution in [-0.2, 0) is 19.4 Å². The van der Waals surface area contributed by atoms with Crippen LogP contribution in [0.25, 0.3) is 10.9 Å². The molecule has 3 aromatic rings. The summed E-state index contributed by atoms with van der Waals surface area (Å²) in [5, 5.41) is 13.9. The van der Waals surface area contributed by atoms with E-state index in [9.17, 15) is 10.0 Å². The molecule has 3 rings (SSSR count). The van der Waals surface area contributed by atoms with Crippen molar-refractivity contribution in [2.75, 3.05) is 7.11 Å². The molecule has 0 fully saturated rings. The Morgan fingerprint density at radius 2 is 1.89 bits per heavy atom. The first kappa shape index (κ1) is 20.0. The molecule has 1 aromatic carbocycles. The minimum Gasteiger partial charge on any atom is -0.616 e. The Balaban J connectivity index is 2.08. The maximum Gasteiger partial charge on any atom is 0.400 e. The maximum absolute atomic E-state index is 12.7. The highest BCUT2D eigenvalue weighted by Gasteiger charge is 2.24. The molecule has 0 spiro atoms. The van der Waals surface area contributed by atoms with Crippen LogP contribution < -0.4 is 15.0 Å². The topological polar surface area (TPSA) is 74.0 Å². The maximum atomic E-state index is 12.7. The number of rotatable bonds is 7. The van der Waals surface area contributed by atoms with Crippen LogP contribution in [0.5, 0.6) is 5.88 Å². The quantitative estimate of drug-likeness (QED) is 0.502. The summed E-state index contributed by atoms with van der Waals surface area (Å²) in [7, 11) is 1.47. The molecular weight excluding hydrogens is 354 g/mol. The van der Waals surface area contributed by atoms with Crippen molar-refractivity contribution >= 4 is 10.9 Å². The number of aromatic nitrogens is 3. The third-order valence-corrected chi connectivity index (χ3v) is 4.81. The Morgan fingerprint density at radius 1 is 1.18 bits per heavy atom. The second-order valence-electron chi connectivity index (χ2n) is 8.18. The van der Waals surface area contributed by atoms with Crippen LogP contribution in [0.3, 0.4) is 0 Å². The molecule has 6 nitrogen and oxygen atoms in total. The summed E-state index contributed by atoms with van der Waals surface area (Å²) >= 11 is 0. The molecule has 0 aliphatic carbocycles. The predicted octanol–water partition coefficient (Wildman–Crippen LogP) is 3.42. The van der Waals surface area contributed by atoms with Gasteiger partial charge >= 0.3 is 11.4 Å². The number of para-hydroxylation sites is 1. The summed E-state index contributed by atoms with van der Waals surface area (Å²) < 4.78 is 8.27. The summed E-state index contributed by atoms with van der Waals surface area (Å²) in [5.41, 5.74) is 2.56. The Bertz CT molecular complexity index is 1030. The lowest BCUT2D eigenvalue weighted by Crippen LogP contribution is -2.43. The first-order valence-electron chi connectivity index (χ1n) is 9.80. The average Bonchev–Trinajstić information content (AvgIpc) is 2.96. The van der Waals surface area contributed by atoms with Crippen molar-refractivity contribution in [1.82, 2.24) is 9.55 Å². The molecule has 6 heteroatoms. The number of hydrogen-bond acceptors (Lipinski definition) is 3. The van der Waals surface area contributed by atoms with Crippen molar-refractivity contribution in [1.29, 1.82) is 0 Å². The van der Waals surface area contributed by atoms with E-state index in [2.05, 4.69) is 41.7 Å². The summed E-state index contributed by atoms with van der Waals surface area (Å²) in [4.78, 5) is 15.4. The Hall–Kier alpha value is -2.76. The van der Waals surface area contributed by atoms with Gasteiger partial charge in [0.25, 0.3) is 5.69 Å². The first-order valence-corrected chi connectivity index (χ1v) is 9.80. The standard InChI is InChI=1S/C22H29N3O3/c1-14(2)10-20-21(26)23-18(22(28-5)25(20)27)11-16-13-24(12-15(3)4)19-9-7-6-8-17(16)19/h6-9,13-15H,10-12H2,1-5H3,(H,23,26). The van der Waals surface area contributed by atoms with Gasteiger partial charge in [0.15, 0.2) is 0 Å². The van der Waals surface area contributed by atoms with E-state index >= 15 is 0 Å². The fraction of sp³-hybridized carbons (Fsp3) is 0.455. The minimum atomic E-state index is -0.342. The van der Waals surface area contributed by atoms with E-state index in [1.807, 2.05) is 26.0 Å². The number of nitrogens with one attached hydrogen (secondary N) is 1. The molecule has 0 saturated heterocycles. The van der Waals surface area contributed by atoms with Crippen molar-refractivity contribution in [3.63, 3.8) is 0 Å². The van der Waals surface area contributed by atoms with Gasteiger partial charge in [0.05, 0.1) is 7.11 Å². The zero-order chi connectivity index (χ0) is 20.4. The van der Waals surface area contributed by atoms with Crippen LogP contribution >= 0.6 is 0 Å². The summed E-state index contributed by atoms with van der Waals surface area (Å²) in [5.74, 6) is 0.874. The Morgan fingerprint density at radius 3 is 2.54 bits per heavy atom. The number of fused-ring (bicyclic) bond motifs is 1. The zero-order valence-corrected chi connectivity index (χ0v) is 17.3. The largest absolute Gasteiger partial charge is 0.616 e. The van der Waals surface area contributed by atoms with Gasteiger partial charge in [-0.2, -0.15) is 0 Å². The normalized spacial score (nSPS) is 11.7. The highest BCUT2D eigenvalue weighted by atomic mass is 16.5. The van der Waals surface area contributed by atoms with E-state index in [0.29, 0.717) is 29.2 Å². The number of ether oxygens (including phenoxy) is 1. The fourth-order valence-corrected chi connectivity index (χ4v) is 3.69. The van der Waals surface area contributed by atoms with Gasteiger partial charge in [-0.25, -0.2) is 0 Å². The van der Waals surface area contributed by atoms with Gasteiger partial charge in [0, 0.05) is 36.5 Å². The molecule has 0 saturated carbocycles. The molecule has 1 N–H and O–H groups in total. The van der Waals surface area contributed by atoms with E-state index in [0.717, 1.165) is 23.0 Å². The number of benzene rings is 1. The summed E-state index contributed by atoms with van der Waals surface area (Å²) in [6.07, 6.45) is 2.94. The lowest BCUT2D eigenvalue weighted by atomic mass is 10.1.